The van der Waals surface area contributed by atoms with Crippen LogP contribution in [0.1, 0.15) is 35.8 Å². The van der Waals surface area contributed by atoms with Crippen LogP contribution in [0.3, 0.4) is 0 Å². The molecule has 2 N–H and O–H groups in total. The maximum absolute atomic E-state index is 12.6. The van der Waals surface area contributed by atoms with E-state index in [-0.39, 0.29) is 5.69 Å². The molecular formula is C21H20BrN3O3. The fourth-order valence-corrected chi connectivity index (χ4v) is 2.97. The number of aromatic nitrogens is 2. The molecule has 0 bridgehead atoms. The number of carbonyl (C=O) groups is 1. The second-order valence-electron chi connectivity index (χ2n) is 6.36. The average molecular weight is 442 g/mol. The molecular weight excluding hydrogens is 422 g/mol. The topological polar surface area (TPSA) is 84.2 Å². The Kier molecular flexibility index (Phi) is 6.26. The predicted octanol–water partition coefficient (Wildman–Crippen LogP) is 4.30. The van der Waals surface area contributed by atoms with Gasteiger partial charge in [-0.25, -0.2) is 0 Å². The normalized spacial score (nSPS) is 10.6. The summed E-state index contributed by atoms with van der Waals surface area (Å²) in [6, 6.07) is 15.4. The van der Waals surface area contributed by atoms with E-state index in [2.05, 4.69) is 33.3 Å². The van der Waals surface area contributed by atoms with Crippen LogP contribution in [0.5, 0.6) is 5.75 Å². The van der Waals surface area contributed by atoms with E-state index in [0.717, 1.165) is 34.5 Å². The molecule has 0 aliphatic carbocycles. The van der Waals surface area contributed by atoms with Crippen LogP contribution in [0.2, 0.25) is 0 Å². The summed E-state index contributed by atoms with van der Waals surface area (Å²) in [6.07, 6.45) is 3.23. The number of carbonyl (C=O) groups excluding carboxylic acids is 1. The SMILES string of the molecule is CCCCc1ccc(NC(=O)c2nn(-c3ccc(Br)cc3)c(=O)cc2O)cc1. The number of rotatable bonds is 6. The minimum atomic E-state index is -0.593. The van der Waals surface area contributed by atoms with Crippen LogP contribution >= 0.6 is 15.9 Å². The van der Waals surface area contributed by atoms with Gasteiger partial charge in [0.1, 0.15) is 0 Å². The maximum atomic E-state index is 12.6. The van der Waals surface area contributed by atoms with Crippen molar-refractivity contribution in [2.24, 2.45) is 0 Å². The largest absolute Gasteiger partial charge is 0.505 e. The van der Waals surface area contributed by atoms with Crippen molar-refractivity contribution >= 4 is 27.5 Å². The van der Waals surface area contributed by atoms with E-state index in [1.165, 1.54) is 5.56 Å². The molecule has 1 aromatic heterocycles. The Morgan fingerprint density at radius 2 is 1.82 bits per heavy atom. The Morgan fingerprint density at radius 3 is 2.46 bits per heavy atom. The number of unbranched alkanes of at least 4 members (excludes halogenated alkanes) is 1. The van der Waals surface area contributed by atoms with Crippen LogP contribution in [0.15, 0.2) is 63.9 Å². The van der Waals surface area contributed by atoms with E-state index in [9.17, 15) is 14.7 Å². The Labute approximate surface area is 171 Å². The summed E-state index contributed by atoms with van der Waals surface area (Å²) in [5.74, 6) is -1.06. The molecule has 0 fully saturated rings. The molecule has 3 rings (SSSR count). The van der Waals surface area contributed by atoms with Gasteiger partial charge in [-0.15, -0.1) is 0 Å². The van der Waals surface area contributed by atoms with E-state index < -0.39 is 17.2 Å². The first-order valence-electron chi connectivity index (χ1n) is 8.97. The van der Waals surface area contributed by atoms with Gasteiger partial charge in [0.15, 0.2) is 11.4 Å². The highest BCUT2D eigenvalue weighted by atomic mass is 79.9. The van der Waals surface area contributed by atoms with Crippen molar-refractivity contribution < 1.29 is 9.90 Å². The van der Waals surface area contributed by atoms with Crippen LogP contribution in [0.4, 0.5) is 5.69 Å². The molecule has 1 heterocycles. The van der Waals surface area contributed by atoms with Crippen molar-refractivity contribution in [2.45, 2.75) is 26.2 Å². The smallest absolute Gasteiger partial charge is 0.279 e. The van der Waals surface area contributed by atoms with E-state index >= 15 is 0 Å². The van der Waals surface area contributed by atoms with Gasteiger partial charge in [-0.05, 0) is 54.8 Å². The molecule has 0 saturated heterocycles. The van der Waals surface area contributed by atoms with Gasteiger partial charge in [0, 0.05) is 16.2 Å². The van der Waals surface area contributed by atoms with Crippen LogP contribution in [-0.2, 0) is 6.42 Å². The van der Waals surface area contributed by atoms with Gasteiger partial charge in [0.05, 0.1) is 5.69 Å². The molecule has 3 aromatic rings. The third kappa shape index (κ3) is 4.67. The summed E-state index contributed by atoms with van der Waals surface area (Å²) >= 11 is 3.33. The van der Waals surface area contributed by atoms with Crippen LogP contribution in [-0.4, -0.2) is 20.8 Å². The summed E-state index contributed by atoms with van der Waals surface area (Å²) in [5.41, 5.74) is 1.52. The van der Waals surface area contributed by atoms with Crippen LogP contribution < -0.4 is 10.9 Å². The zero-order valence-corrected chi connectivity index (χ0v) is 16.9. The number of benzene rings is 2. The van der Waals surface area contributed by atoms with E-state index in [1.54, 1.807) is 24.3 Å². The minimum Gasteiger partial charge on any atom is -0.505 e. The van der Waals surface area contributed by atoms with Crippen molar-refractivity contribution in [3.8, 4) is 11.4 Å². The summed E-state index contributed by atoms with van der Waals surface area (Å²) in [4.78, 5) is 24.8. The van der Waals surface area contributed by atoms with Gasteiger partial charge in [-0.2, -0.15) is 9.78 Å². The number of hydrogen-bond donors (Lipinski definition) is 2. The number of hydrogen-bond acceptors (Lipinski definition) is 4. The van der Waals surface area contributed by atoms with E-state index in [1.807, 2.05) is 24.3 Å². The number of anilines is 1. The van der Waals surface area contributed by atoms with Crippen molar-refractivity contribution in [2.75, 3.05) is 5.32 Å². The minimum absolute atomic E-state index is 0.224. The molecule has 0 saturated carbocycles. The average Bonchev–Trinajstić information content (AvgIpc) is 2.68. The monoisotopic (exact) mass is 441 g/mol. The summed E-state index contributed by atoms with van der Waals surface area (Å²) < 4.78 is 1.93. The highest BCUT2D eigenvalue weighted by Gasteiger charge is 2.17. The first-order chi connectivity index (χ1) is 13.5. The van der Waals surface area contributed by atoms with Gasteiger partial charge in [0.25, 0.3) is 11.5 Å². The number of aryl methyl sites for hydroxylation is 1. The molecule has 7 heteroatoms. The predicted molar refractivity (Wildman–Crippen MR) is 112 cm³/mol. The number of halogens is 1. The first kappa shape index (κ1) is 19.8. The fraction of sp³-hybridized carbons (Fsp3) is 0.190. The van der Waals surface area contributed by atoms with Gasteiger partial charge >= 0.3 is 0 Å². The quantitative estimate of drug-likeness (QED) is 0.597. The molecule has 0 spiro atoms. The maximum Gasteiger partial charge on any atom is 0.279 e. The van der Waals surface area contributed by atoms with Crippen molar-refractivity contribution in [1.82, 2.24) is 9.78 Å². The first-order valence-corrected chi connectivity index (χ1v) is 9.77. The van der Waals surface area contributed by atoms with Crippen molar-refractivity contribution in [3.05, 3.63) is 80.7 Å². The second-order valence-corrected chi connectivity index (χ2v) is 7.27. The Balaban J connectivity index is 1.84. The van der Waals surface area contributed by atoms with Gasteiger partial charge in [-0.3, -0.25) is 9.59 Å². The lowest BCUT2D eigenvalue weighted by Gasteiger charge is -2.10. The molecule has 2 aromatic carbocycles. The molecule has 6 nitrogen and oxygen atoms in total. The van der Waals surface area contributed by atoms with Crippen molar-refractivity contribution in [3.63, 3.8) is 0 Å². The van der Waals surface area contributed by atoms with Crippen LogP contribution in [0.25, 0.3) is 5.69 Å². The lowest BCUT2D eigenvalue weighted by molar-refractivity contribution is 0.101. The zero-order chi connectivity index (χ0) is 20.1. The zero-order valence-electron chi connectivity index (χ0n) is 15.4. The third-order valence-corrected chi connectivity index (χ3v) is 4.76. The summed E-state index contributed by atoms with van der Waals surface area (Å²) in [7, 11) is 0. The number of nitrogens with one attached hydrogen (secondary N) is 1. The van der Waals surface area contributed by atoms with Gasteiger partial charge in [0.2, 0.25) is 0 Å². The van der Waals surface area contributed by atoms with Gasteiger partial charge < -0.3 is 10.4 Å². The highest BCUT2D eigenvalue weighted by molar-refractivity contribution is 9.10. The Morgan fingerprint density at radius 1 is 1.14 bits per heavy atom. The molecule has 0 atom stereocenters. The molecule has 0 aliphatic heterocycles. The van der Waals surface area contributed by atoms with Crippen molar-refractivity contribution in [1.29, 1.82) is 0 Å². The van der Waals surface area contributed by atoms with Gasteiger partial charge in [-0.1, -0.05) is 41.4 Å². The standard InChI is InChI=1S/C21H20BrN3O3/c1-2-3-4-14-5-9-16(10-6-14)23-21(28)20-18(26)13-19(27)25(24-20)17-11-7-15(22)8-12-17/h5-13,26H,2-4H2,1H3,(H,23,28). The molecule has 0 unspecified atom stereocenters. The van der Waals surface area contributed by atoms with E-state index in [4.69, 9.17) is 0 Å². The number of aromatic hydroxyl groups is 1. The Bertz CT molecular complexity index is 1030. The molecule has 0 radical (unpaired) electrons. The highest BCUT2D eigenvalue weighted by Crippen LogP contribution is 2.18. The second kappa shape index (κ2) is 8.84. The molecule has 28 heavy (non-hydrogen) atoms. The number of amides is 1. The summed E-state index contributed by atoms with van der Waals surface area (Å²) in [6.45, 7) is 2.14. The molecule has 0 aliphatic rings. The summed E-state index contributed by atoms with van der Waals surface area (Å²) in [5, 5.41) is 16.8. The van der Waals surface area contributed by atoms with E-state index in [0.29, 0.717) is 11.4 Å². The lowest BCUT2D eigenvalue weighted by atomic mass is 10.1. The number of nitrogens with zero attached hydrogens (tertiary/aromatic N) is 2. The third-order valence-electron chi connectivity index (χ3n) is 4.23. The molecule has 1 amide bonds. The van der Waals surface area contributed by atoms with Crippen LogP contribution in [0, 0.1) is 0 Å². The molecule has 144 valence electrons. The Hall–Kier alpha value is -2.93. The lowest BCUT2D eigenvalue weighted by Crippen LogP contribution is -2.25. The fourth-order valence-electron chi connectivity index (χ4n) is 2.70.